The van der Waals surface area contributed by atoms with Crippen LogP contribution in [0.25, 0.3) is 16.6 Å². The highest BCUT2D eigenvalue weighted by Gasteiger charge is 2.42. The maximum Gasteiger partial charge on any atom is 0.155 e. The van der Waals surface area contributed by atoms with E-state index in [4.69, 9.17) is 0 Å². The van der Waals surface area contributed by atoms with Crippen molar-refractivity contribution in [2.45, 2.75) is 43.9 Å². The fourth-order valence-corrected chi connectivity index (χ4v) is 5.66. The van der Waals surface area contributed by atoms with E-state index in [0.717, 1.165) is 54.4 Å². The average Bonchev–Trinajstić information content (AvgIpc) is 3.18. The van der Waals surface area contributed by atoms with Gasteiger partial charge >= 0.3 is 0 Å². The second kappa shape index (κ2) is 7.77. The first-order valence-corrected chi connectivity index (χ1v) is 11.5. The minimum atomic E-state index is -0.258. The Bertz CT molecular complexity index is 1390. The van der Waals surface area contributed by atoms with Crippen molar-refractivity contribution in [3.05, 3.63) is 101 Å². The van der Waals surface area contributed by atoms with Gasteiger partial charge in [0.25, 0.3) is 0 Å². The third-order valence-corrected chi connectivity index (χ3v) is 7.23. The molecule has 6 rings (SSSR count). The van der Waals surface area contributed by atoms with E-state index in [1.54, 1.807) is 12.1 Å². The molecule has 0 saturated carbocycles. The number of halogens is 1. The van der Waals surface area contributed by atoms with Crippen molar-refractivity contribution in [1.82, 2.24) is 14.8 Å². The van der Waals surface area contributed by atoms with Gasteiger partial charge in [0.1, 0.15) is 5.82 Å². The number of aromatic nitrogens is 3. The molecule has 0 bridgehead atoms. The van der Waals surface area contributed by atoms with E-state index in [-0.39, 0.29) is 17.0 Å². The first-order valence-electron chi connectivity index (χ1n) is 11.5. The first kappa shape index (κ1) is 20.0. The Morgan fingerprint density at radius 2 is 1.91 bits per heavy atom. The molecule has 5 heteroatoms. The largest absolute Gasteiger partial charge is 0.295 e. The summed E-state index contributed by atoms with van der Waals surface area (Å²) in [5.74, 6) is -0.0259. The SMILES string of the molecule is O=C1C=C2CCCc3cc4c(cnn4-c4ccc(F)cc4)cc3C2(Cc2ccccn2)CC1. The molecule has 0 amide bonds. The van der Waals surface area contributed by atoms with Crippen LogP contribution in [0.3, 0.4) is 0 Å². The smallest absolute Gasteiger partial charge is 0.155 e. The van der Waals surface area contributed by atoms with E-state index < -0.39 is 0 Å². The Hall–Kier alpha value is -3.60. The van der Waals surface area contributed by atoms with E-state index in [1.807, 2.05) is 35.3 Å². The molecule has 0 fully saturated rings. The molecule has 0 saturated heterocycles. The lowest BCUT2D eigenvalue weighted by atomic mass is 9.64. The summed E-state index contributed by atoms with van der Waals surface area (Å²) in [6.45, 7) is 0. The summed E-state index contributed by atoms with van der Waals surface area (Å²) < 4.78 is 15.3. The highest BCUT2D eigenvalue weighted by atomic mass is 19.1. The predicted octanol–water partition coefficient (Wildman–Crippen LogP) is 5.67. The molecule has 4 aromatic rings. The quantitative estimate of drug-likeness (QED) is 0.415. The zero-order valence-electron chi connectivity index (χ0n) is 18.3. The highest BCUT2D eigenvalue weighted by molar-refractivity contribution is 5.92. The van der Waals surface area contributed by atoms with Crippen molar-refractivity contribution < 1.29 is 9.18 Å². The maximum absolute atomic E-state index is 13.5. The molecule has 1 unspecified atom stereocenters. The summed E-state index contributed by atoms with van der Waals surface area (Å²) in [7, 11) is 0. The van der Waals surface area contributed by atoms with Gasteiger partial charge in [-0.15, -0.1) is 0 Å². The Morgan fingerprint density at radius 1 is 1.03 bits per heavy atom. The van der Waals surface area contributed by atoms with Crippen LogP contribution in [-0.4, -0.2) is 20.5 Å². The van der Waals surface area contributed by atoms with E-state index in [0.29, 0.717) is 6.42 Å². The second-order valence-electron chi connectivity index (χ2n) is 9.17. The lowest BCUT2D eigenvalue weighted by molar-refractivity contribution is -0.115. The molecule has 0 aliphatic heterocycles. The third-order valence-electron chi connectivity index (χ3n) is 7.23. The van der Waals surface area contributed by atoms with E-state index in [9.17, 15) is 9.18 Å². The lowest BCUT2D eigenvalue weighted by Gasteiger charge is -2.39. The van der Waals surface area contributed by atoms with Gasteiger partial charge in [-0.2, -0.15) is 5.10 Å². The molecular weight excluding hydrogens is 413 g/mol. The van der Waals surface area contributed by atoms with Crippen LogP contribution in [-0.2, 0) is 23.1 Å². The molecule has 2 heterocycles. The number of aryl methyl sites for hydroxylation is 1. The summed E-state index contributed by atoms with van der Waals surface area (Å²) in [5, 5.41) is 5.68. The van der Waals surface area contributed by atoms with Gasteiger partial charge < -0.3 is 0 Å². The van der Waals surface area contributed by atoms with Crippen LogP contribution in [0.2, 0.25) is 0 Å². The number of hydrogen-bond donors (Lipinski definition) is 0. The van der Waals surface area contributed by atoms with Gasteiger partial charge in [-0.3, -0.25) is 9.78 Å². The summed E-state index contributed by atoms with van der Waals surface area (Å²) in [6, 6.07) is 17.0. The number of carbonyl (C=O) groups excluding carboxylic acids is 1. The van der Waals surface area contributed by atoms with Crippen molar-refractivity contribution in [3.8, 4) is 5.69 Å². The minimum absolute atomic E-state index is 0.222. The van der Waals surface area contributed by atoms with Crippen molar-refractivity contribution in [3.63, 3.8) is 0 Å². The number of hydrogen-bond acceptors (Lipinski definition) is 3. The number of rotatable bonds is 3. The number of fused-ring (bicyclic) bond motifs is 4. The molecule has 0 radical (unpaired) electrons. The van der Waals surface area contributed by atoms with Crippen LogP contribution in [0, 0.1) is 5.82 Å². The molecular formula is C28H24FN3O. The molecule has 2 aliphatic rings. The van der Waals surface area contributed by atoms with E-state index >= 15 is 0 Å². The average molecular weight is 438 g/mol. The van der Waals surface area contributed by atoms with Gasteiger partial charge in [-0.05, 0) is 91.4 Å². The molecule has 1 atom stereocenters. The zero-order valence-corrected chi connectivity index (χ0v) is 18.3. The van der Waals surface area contributed by atoms with Gasteiger partial charge in [0.2, 0.25) is 0 Å². The van der Waals surface area contributed by atoms with Crippen LogP contribution >= 0.6 is 0 Å². The molecule has 2 aromatic heterocycles. The fraction of sp³-hybridized carbons (Fsp3) is 0.250. The Labute approximate surface area is 191 Å². The van der Waals surface area contributed by atoms with Crippen molar-refractivity contribution in [2.24, 2.45) is 0 Å². The fourth-order valence-electron chi connectivity index (χ4n) is 5.66. The molecule has 4 nitrogen and oxygen atoms in total. The van der Waals surface area contributed by atoms with Crippen molar-refractivity contribution in [1.29, 1.82) is 0 Å². The molecule has 0 spiro atoms. The lowest BCUT2D eigenvalue weighted by Crippen LogP contribution is -2.36. The number of carbonyl (C=O) groups is 1. The molecule has 2 aliphatic carbocycles. The number of nitrogens with zero attached hydrogens (tertiary/aromatic N) is 3. The van der Waals surface area contributed by atoms with Crippen LogP contribution in [0.4, 0.5) is 4.39 Å². The summed E-state index contributed by atoms with van der Waals surface area (Å²) in [6.07, 6.45) is 10.7. The summed E-state index contributed by atoms with van der Waals surface area (Å²) in [5.41, 5.74) is 6.54. The first-order chi connectivity index (χ1) is 16.1. The van der Waals surface area contributed by atoms with E-state index in [2.05, 4.69) is 28.3 Å². The number of benzene rings is 2. The van der Waals surface area contributed by atoms with Gasteiger partial charge in [0.15, 0.2) is 5.78 Å². The number of ketones is 1. The Morgan fingerprint density at radius 3 is 2.73 bits per heavy atom. The second-order valence-corrected chi connectivity index (χ2v) is 9.17. The van der Waals surface area contributed by atoms with Crippen LogP contribution in [0.15, 0.2) is 78.6 Å². The van der Waals surface area contributed by atoms with Gasteiger partial charge in [0, 0.05) is 35.5 Å². The summed E-state index contributed by atoms with van der Waals surface area (Å²) in [4.78, 5) is 17.0. The third kappa shape index (κ3) is 3.39. The monoisotopic (exact) mass is 437 g/mol. The Kier molecular flexibility index (Phi) is 4.72. The molecule has 0 N–H and O–H groups in total. The molecule has 33 heavy (non-hydrogen) atoms. The standard InChI is InChI=1S/C28H24FN3O/c29-22-7-9-24(10-8-22)32-27-15-19-4-3-5-21-16-25(33)11-12-28(21,17-23-6-1-2-13-30-23)26(19)14-20(27)18-31-32/h1-2,6-10,13-16,18H,3-5,11-12,17H2. The van der Waals surface area contributed by atoms with Crippen LogP contribution in [0.5, 0.6) is 0 Å². The normalized spacial score (nSPS) is 20.2. The summed E-state index contributed by atoms with van der Waals surface area (Å²) >= 11 is 0. The zero-order chi connectivity index (χ0) is 22.4. The topological polar surface area (TPSA) is 47.8 Å². The maximum atomic E-state index is 13.5. The van der Waals surface area contributed by atoms with Gasteiger partial charge in [-0.1, -0.05) is 11.6 Å². The molecule has 164 valence electrons. The highest BCUT2D eigenvalue weighted by Crippen LogP contribution is 2.48. The van der Waals surface area contributed by atoms with E-state index in [1.165, 1.54) is 28.8 Å². The predicted molar refractivity (Wildman–Crippen MR) is 126 cm³/mol. The molecule has 2 aromatic carbocycles. The van der Waals surface area contributed by atoms with Gasteiger partial charge in [0.05, 0.1) is 17.4 Å². The number of allylic oxidation sites excluding steroid dienone is 2. The van der Waals surface area contributed by atoms with Crippen LogP contribution in [0.1, 0.15) is 42.5 Å². The van der Waals surface area contributed by atoms with Crippen molar-refractivity contribution >= 4 is 16.7 Å². The minimum Gasteiger partial charge on any atom is -0.295 e. The number of pyridine rings is 1. The van der Waals surface area contributed by atoms with Crippen molar-refractivity contribution in [2.75, 3.05) is 0 Å². The van der Waals surface area contributed by atoms with Gasteiger partial charge in [-0.25, -0.2) is 9.07 Å². The van der Waals surface area contributed by atoms with Crippen LogP contribution < -0.4 is 0 Å². The Balaban J connectivity index is 1.55.